The van der Waals surface area contributed by atoms with Crippen molar-refractivity contribution in [2.24, 2.45) is 0 Å². The Morgan fingerprint density at radius 2 is 2.38 bits per heavy atom. The molecule has 1 aromatic rings. The van der Waals surface area contributed by atoms with E-state index in [1.165, 1.54) is 23.3 Å². The van der Waals surface area contributed by atoms with Gasteiger partial charge in [0.1, 0.15) is 12.4 Å². The number of carbonyl (C=O) groups is 1. The summed E-state index contributed by atoms with van der Waals surface area (Å²) in [5.74, 6) is 0. The number of hydrogen-bond acceptors (Lipinski definition) is 3. The molecule has 0 aliphatic heterocycles. The molecular formula is C9H12N2O2. The van der Waals surface area contributed by atoms with Gasteiger partial charge in [-0.15, -0.1) is 0 Å². The molecule has 1 heterocycles. The highest BCUT2D eigenvalue weighted by molar-refractivity contribution is 5.70. The van der Waals surface area contributed by atoms with Gasteiger partial charge in [0, 0.05) is 12.4 Å². The highest BCUT2D eigenvalue weighted by Crippen LogP contribution is 2.03. The molecule has 1 rings (SSSR count). The number of hydrogen-bond donors (Lipinski definition) is 0. The van der Waals surface area contributed by atoms with Gasteiger partial charge in [-0.3, -0.25) is 0 Å². The molecule has 13 heavy (non-hydrogen) atoms. The van der Waals surface area contributed by atoms with E-state index in [9.17, 15) is 4.79 Å². The number of nitrogens with zero attached hydrogens (tertiary/aromatic N) is 2. The Balaban J connectivity index is 2.56. The molecule has 0 aromatic carbocycles. The van der Waals surface area contributed by atoms with Crippen LogP contribution in [-0.2, 0) is 4.74 Å². The third-order valence-corrected chi connectivity index (χ3v) is 1.69. The van der Waals surface area contributed by atoms with Crippen molar-refractivity contribution in [2.45, 2.75) is 20.0 Å². The summed E-state index contributed by atoms with van der Waals surface area (Å²) in [6.07, 6.45) is 3.75. The Morgan fingerprint density at radius 3 is 2.85 bits per heavy atom. The maximum atomic E-state index is 11.3. The molecule has 0 spiro atoms. The second-order valence-electron chi connectivity index (χ2n) is 2.84. The van der Waals surface area contributed by atoms with Crippen LogP contribution in [0.4, 0.5) is 4.79 Å². The van der Waals surface area contributed by atoms with Crippen molar-refractivity contribution in [3.05, 3.63) is 30.9 Å². The van der Waals surface area contributed by atoms with E-state index >= 15 is 0 Å². The molecule has 0 bridgehead atoms. The second kappa shape index (κ2) is 3.89. The molecule has 1 aromatic heterocycles. The SMILES string of the molecule is C=C(C)C(C)OC(=O)n1ccnc1. The minimum atomic E-state index is -0.437. The quantitative estimate of drug-likeness (QED) is 0.652. The van der Waals surface area contributed by atoms with E-state index in [4.69, 9.17) is 4.74 Å². The van der Waals surface area contributed by atoms with E-state index in [1.54, 1.807) is 6.92 Å². The molecule has 1 unspecified atom stereocenters. The number of carbonyl (C=O) groups excluding carboxylic acids is 1. The first-order valence-corrected chi connectivity index (χ1v) is 3.95. The van der Waals surface area contributed by atoms with Gasteiger partial charge in [-0.1, -0.05) is 6.58 Å². The van der Waals surface area contributed by atoms with E-state index in [0.717, 1.165) is 5.57 Å². The molecule has 70 valence electrons. The largest absolute Gasteiger partial charge is 0.441 e. The molecule has 0 fully saturated rings. The van der Waals surface area contributed by atoms with Crippen molar-refractivity contribution in [1.29, 1.82) is 0 Å². The molecule has 1 atom stereocenters. The van der Waals surface area contributed by atoms with Crippen LogP contribution in [0.1, 0.15) is 13.8 Å². The van der Waals surface area contributed by atoms with Crippen molar-refractivity contribution in [2.75, 3.05) is 0 Å². The lowest BCUT2D eigenvalue weighted by molar-refractivity contribution is 0.124. The van der Waals surface area contributed by atoms with Crippen LogP contribution in [0.5, 0.6) is 0 Å². The average molecular weight is 180 g/mol. The van der Waals surface area contributed by atoms with Gasteiger partial charge >= 0.3 is 6.09 Å². The monoisotopic (exact) mass is 180 g/mol. The minimum Gasteiger partial charge on any atom is -0.441 e. The lowest BCUT2D eigenvalue weighted by Gasteiger charge is -2.12. The Labute approximate surface area is 76.8 Å². The summed E-state index contributed by atoms with van der Waals surface area (Å²) in [6.45, 7) is 7.27. The van der Waals surface area contributed by atoms with Crippen LogP contribution in [0.15, 0.2) is 30.9 Å². The van der Waals surface area contributed by atoms with Gasteiger partial charge in [-0.05, 0) is 19.4 Å². The number of ether oxygens (including phenoxy) is 1. The zero-order valence-corrected chi connectivity index (χ0v) is 7.73. The third kappa shape index (κ3) is 2.43. The predicted molar refractivity (Wildman–Crippen MR) is 48.4 cm³/mol. The van der Waals surface area contributed by atoms with Gasteiger partial charge in [0.25, 0.3) is 0 Å². The van der Waals surface area contributed by atoms with Gasteiger partial charge in [0.2, 0.25) is 0 Å². The zero-order chi connectivity index (χ0) is 9.84. The fourth-order valence-corrected chi connectivity index (χ4v) is 0.680. The highest BCUT2D eigenvalue weighted by atomic mass is 16.6. The summed E-state index contributed by atoms with van der Waals surface area (Å²) in [5.41, 5.74) is 0.813. The Morgan fingerprint density at radius 1 is 1.69 bits per heavy atom. The standard InChI is InChI=1S/C9H12N2O2/c1-7(2)8(3)13-9(12)11-5-4-10-6-11/h4-6,8H,1H2,2-3H3. The van der Waals surface area contributed by atoms with E-state index in [2.05, 4.69) is 11.6 Å². The lowest BCUT2D eigenvalue weighted by atomic mass is 10.2. The first-order valence-electron chi connectivity index (χ1n) is 3.95. The zero-order valence-electron chi connectivity index (χ0n) is 7.73. The number of aromatic nitrogens is 2. The average Bonchev–Trinajstić information content (AvgIpc) is 2.55. The van der Waals surface area contributed by atoms with Crippen LogP contribution in [-0.4, -0.2) is 21.7 Å². The van der Waals surface area contributed by atoms with Crippen LogP contribution >= 0.6 is 0 Å². The van der Waals surface area contributed by atoms with Gasteiger partial charge < -0.3 is 4.74 Å². The van der Waals surface area contributed by atoms with E-state index < -0.39 is 6.09 Å². The predicted octanol–water partition coefficient (Wildman–Crippen LogP) is 1.83. The molecule has 0 saturated heterocycles. The summed E-state index contributed by atoms with van der Waals surface area (Å²) in [5, 5.41) is 0. The Bertz CT molecular complexity index is 303. The normalized spacial score (nSPS) is 12.2. The van der Waals surface area contributed by atoms with Crippen LogP contribution in [0, 0.1) is 0 Å². The van der Waals surface area contributed by atoms with Crippen LogP contribution in [0.25, 0.3) is 0 Å². The Hall–Kier alpha value is -1.58. The molecule has 4 heteroatoms. The number of imidazole rings is 1. The fourth-order valence-electron chi connectivity index (χ4n) is 0.680. The Kier molecular flexibility index (Phi) is 2.84. The maximum Gasteiger partial charge on any atom is 0.419 e. The van der Waals surface area contributed by atoms with Crippen molar-refractivity contribution in [1.82, 2.24) is 9.55 Å². The first-order chi connectivity index (χ1) is 6.11. The minimum absolute atomic E-state index is 0.269. The smallest absolute Gasteiger partial charge is 0.419 e. The third-order valence-electron chi connectivity index (χ3n) is 1.69. The molecule has 0 aliphatic carbocycles. The lowest BCUT2D eigenvalue weighted by Crippen LogP contribution is -2.19. The highest BCUT2D eigenvalue weighted by Gasteiger charge is 2.10. The van der Waals surface area contributed by atoms with E-state index in [-0.39, 0.29) is 6.10 Å². The molecular weight excluding hydrogens is 168 g/mol. The van der Waals surface area contributed by atoms with Crippen molar-refractivity contribution in [3.63, 3.8) is 0 Å². The van der Waals surface area contributed by atoms with Crippen LogP contribution in [0.3, 0.4) is 0 Å². The molecule has 0 aliphatic rings. The fraction of sp³-hybridized carbons (Fsp3) is 0.333. The van der Waals surface area contributed by atoms with Crippen molar-refractivity contribution in [3.8, 4) is 0 Å². The van der Waals surface area contributed by atoms with E-state index in [0.29, 0.717) is 0 Å². The van der Waals surface area contributed by atoms with Gasteiger partial charge in [0.05, 0.1) is 0 Å². The molecule has 0 saturated carbocycles. The molecule has 0 N–H and O–H groups in total. The van der Waals surface area contributed by atoms with Crippen LogP contribution < -0.4 is 0 Å². The summed E-state index contributed by atoms with van der Waals surface area (Å²) in [7, 11) is 0. The summed E-state index contributed by atoms with van der Waals surface area (Å²) >= 11 is 0. The molecule has 4 nitrogen and oxygen atoms in total. The van der Waals surface area contributed by atoms with Crippen molar-refractivity contribution < 1.29 is 9.53 Å². The van der Waals surface area contributed by atoms with Crippen molar-refractivity contribution >= 4 is 6.09 Å². The van der Waals surface area contributed by atoms with Gasteiger partial charge in [-0.25, -0.2) is 14.3 Å². The van der Waals surface area contributed by atoms with Crippen LogP contribution in [0.2, 0.25) is 0 Å². The van der Waals surface area contributed by atoms with Gasteiger partial charge in [0.15, 0.2) is 0 Å². The first kappa shape index (κ1) is 9.51. The van der Waals surface area contributed by atoms with Gasteiger partial charge in [-0.2, -0.15) is 0 Å². The summed E-state index contributed by atoms with van der Waals surface area (Å²) in [4.78, 5) is 15.0. The topological polar surface area (TPSA) is 44.1 Å². The van der Waals surface area contributed by atoms with E-state index in [1.807, 2.05) is 6.92 Å². The molecule has 0 radical (unpaired) electrons. The summed E-state index contributed by atoms with van der Waals surface area (Å²) in [6, 6.07) is 0. The second-order valence-corrected chi connectivity index (χ2v) is 2.84. The number of rotatable bonds is 2. The maximum absolute atomic E-state index is 11.3. The summed E-state index contributed by atoms with van der Waals surface area (Å²) < 4.78 is 6.32. The molecule has 0 amide bonds.